The number of nitrogens with zero attached hydrogens (tertiary/aromatic N) is 2. The number of aliphatic carboxylic acids is 1. The zero-order valence-corrected chi connectivity index (χ0v) is 16.7. The van der Waals surface area contributed by atoms with Crippen LogP contribution in [0.4, 0.5) is 5.69 Å². The normalized spacial score (nSPS) is 18.3. The molecule has 1 saturated heterocycles. The summed E-state index contributed by atoms with van der Waals surface area (Å²) in [5, 5.41) is 10.7. The Bertz CT molecular complexity index is 894. The van der Waals surface area contributed by atoms with Crippen molar-refractivity contribution in [3.05, 3.63) is 52.2 Å². The van der Waals surface area contributed by atoms with Gasteiger partial charge >= 0.3 is 11.9 Å². The Morgan fingerprint density at radius 2 is 2.04 bits per heavy atom. The highest BCUT2D eigenvalue weighted by atomic mass is 32.2. The average molecular weight is 418 g/mol. The van der Waals surface area contributed by atoms with E-state index in [0.29, 0.717) is 23.0 Å². The van der Waals surface area contributed by atoms with Crippen LogP contribution in [0.5, 0.6) is 0 Å². The maximum atomic E-state index is 12.6. The molecule has 0 bridgehead atoms. The van der Waals surface area contributed by atoms with Gasteiger partial charge in [0.2, 0.25) is 5.91 Å². The molecule has 1 N–H and O–H groups in total. The van der Waals surface area contributed by atoms with Gasteiger partial charge in [0.1, 0.15) is 5.25 Å². The van der Waals surface area contributed by atoms with Crippen molar-refractivity contribution in [1.29, 1.82) is 0 Å². The van der Waals surface area contributed by atoms with Crippen LogP contribution in [0.15, 0.2) is 46.8 Å². The van der Waals surface area contributed by atoms with Gasteiger partial charge in [0.25, 0.3) is 0 Å². The second-order valence-electron chi connectivity index (χ2n) is 5.87. The summed E-state index contributed by atoms with van der Waals surface area (Å²) in [6, 6.07) is 10.3. The smallest absolute Gasteiger partial charge is 0.338 e. The van der Waals surface area contributed by atoms with Crippen molar-refractivity contribution in [3.63, 3.8) is 0 Å². The van der Waals surface area contributed by atoms with Crippen LogP contribution in [0.2, 0.25) is 0 Å². The van der Waals surface area contributed by atoms with Crippen LogP contribution in [-0.4, -0.2) is 44.9 Å². The SMILES string of the molecule is CCOC(=O)c1ccc(N=C2SC(C(=O)O)CC(=O)N2Cc2cccs2)cc1. The topological polar surface area (TPSA) is 96.3 Å². The minimum absolute atomic E-state index is 0.0772. The second-order valence-corrected chi connectivity index (χ2v) is 8.07. The Labute approximate surface area is 170 Å². The number of amides is 1. The first-order valence-corrected chi connectivity index (χ1v) is 10.3. The molecule has 9 heteroatoms. The quantitative estimate of drug-likeness (QED) is 0.721. The average Bonchev–Trinajstić information content (AvgIpc) is 3.18. The molecule has 1 aromatic heterocycles. The fourth-order valence-corrected chi connectivity index (χ4v) is 4.27. The molecule has 1 atom stereocenters. The number of amidine groups is 1. The van der Waals surface area contributed by atoms with E-state index in [9.17, 15) is 19.5 Å². The van der Waals surface area contributed by atoms with E-state index in [1.807, 2.05) is 17.5 Å². The largest absolute Gasteiger partial charge is 0.480 e. The molecule has 0 saturated carbocycles. The molecule has 1 unspecified atom stereocenters. The number of benzene rings is 1. The van der Waals surface area contributed by atoms with E-state index in [4.69, 9.17) is 4.74 Å². The van der Waals surface area contributed by atoms with Gasteiger partial charge in [-0.25, -0.2) is 9.79 Å². The van der Waals surface area contributed by atoms with Crippen molar-refractivity contribution >= 4 is 51.8 Å². The third-order valence-electron chi connectivity index (χ3n) is 3.91. The summed E-state index contributed by atoms with van der Waals surface area (Å²) >= 11 is 2.57. The molecular formula is C19H18N2O5S2. The van der Waals surface area contributed by atoms with E-state index >= 15 is 0 Å². The molecule has 28 heavy (non-hydrogen) atoms. The van der Waals surface area contributed by atoms with Gasteiger partial charge in [0, 0.05) is 4.88 Å². The number of rotatable bonds is 6. The molecule has 3 rings (SSSR count). The van der Waals surface area contributed by atoms with Crippen LogP contribution in [-0.2, 0) is 20.9 Å². The summed E-state index contributed by atoms with van der Waals surface area (Å²) in [7, 11) is 0. The molecule has 1 aliphatic heterocycles. The van der Waals surface area contributed by atoms with Crippen LogP contribution in [0.25, 0.3) is 0 Å². The van der Waals surface area contributed by atoms with Crippen molar-refractivity contribution in [3.8, 4) is 0 Å². The molecule has 2 heterocycles. The van der Waals surface area contributed by atoms with E-state index in [0.717, 1.165) is 16.6 Å². The number of carbonyl (C=O) groups is 3. The third-order valence-corrected chi connectivity index (χ3v) is 5.95. The highest BCUT2D eigenvalue weighted by molar-refractivity contribution is 8.15. The Balaban J connectivity index is 1.87. The minimum Gasteiger partial charge on any atom is -0.480 e. The number of hydrogen-bond acceptors (Lipinski definition) is 7. The van der Waals surface area contributed by atoms with Crippen molar-refractivity contribution in [2.75, 3.05) is 6.61 Å². The first-order valence-electron chi connectivity index (χ1n) is 8.56. The minimum atomic E-state index is -1.04. The molecular weight excluding hydrogens is 400 g/mol. The lowest BCUT2D eigenvalue weighted by Crippen LogP contribution is -2.43. The monoisotopic (exact) mass is 418 g/mol. The highest BCUT2D eigenvalue weighted by Crippen LogP contribution is 2.31. The number of esters is 1. The summed E-state index contributed by atoms with van der Waals surface area (Å²) in [6.45, 7) is 2.36. The van der Waals surface area contributed by atoms with Gasteiger partial charge in [-0.15, -0.1) is 11.3 Å². The summed E-state index contributed by atoms with van der Waals surface area (Å²) in [5.74, 6) is -1.74. The van der Waals surface area contributed by atoms with Gasteiger partial charge in [-0.3, -0.25) is 14.5 Å². The molecule has 1 aromatic carbocycles. The van der Waals surface area contributed by atoms with E-state index in [2.05, 4.69) is 4.99 Å². The van der Waals surface area contributed by atoms with Crippen molar-refractivity contribution in [2.24, 2.45) is 4.99 Å². The van der Waals surface area contributed by atoms with Crippen molar-refractivity contribution < 1.29 is 24.2 Å². The standard InChI is InChI=1S/C19H18N2O5S2/c1-2-26-18(25)12-5-7-13(8-6-12)20-19-21(11-14-4-3-9-27-14)16(22)10-15(28-19)17(23)24/h3-9,15H,2,10-11H2,1H3,(H,23,24). The lowest BCUT2D eigenvalue weighted by Gasteiger charge is -2.30. The Hall–Kier alpha value is -2.65. The summed E-state index contributed by atoms with van der Waals surface area (Å²) in [5.41, 5.74) is 0.919. The number of carbonyl (C=O) groups excluding carboxylic acids is 2. The molecule has 0 spiro atoms. The van der Waals surface area contributed by atoms with Crippen molar-refractivity contribution in [1.82, 2.24) is 4.90 Å². The Morgan fingerprint density at radius 3 is 2.64 bits per heavy atom. The summed E-state index contributed by atoms with van der Waals surface area (Å²) < 4.78 is 4.95. The van der Waals surface area contributed by atoms with E-state index in [-0.39, 0.29) is 18.9 Å². The van der Waals surface area contributed by atoms with Gasteiger partial charge in [-0.2, -0.15) is 0 Å². The highest BCUT2D eigenvalue weighted by Gasteiger charge is 2.36. The molecule has 1 amide bonds. The van der Waals surface area contributed by atoms with Gasteiger partial charge in [0.15, 0.2) is 5.17 Å². The lowest BCUT2D eigenvalue weighted by molar-refractivity contribution is -0.139. The van der Waals surface area contributed by atoms with Gasteiger partial charge in [-0.1, -0.05) is 17.8 Å². The molecule has 1 aliphatic rings. The molecule has 2 aromatic rings. The first kappa shape index (κ1) is 20.1. The van der Waals surface area contributed by atoms with Crippen LogP contribution in [0, 0.1) is 0 Å². The Kier molecular flexibility index (Phi) is 6.48. The van der Waals surface area contributed by atoms with Crippen LogP contribution >= 0.6 is 23.1 Å². The number of thioether (sulfide) groups is 1. The molecule has 1 fully saturated rings. The molecule has 0 radical (unpaired) electrons. The second kappa shape index (κ2) is 9.03. The molecule has 7 nitrogen and oxygen atoms in total. The van der Waals surface area contributed by atoms with E-state index in [1.165, 1.54) is 16.2 Å². The predicted molar refractivity (Wildman–Crippen MR) is 108 cm³/mol. The first-order chi connectivity index (χ1) is 13.5. The predicted octanol–water partition coefficient (Wildman–Crippen LogP) is 3.53. The zero-order chi connectivity index (χ0) is 20.1. The van der Waals surface area contributed by atoms with Crippen LogP contribution < -0.4 is 0 Å². The summed E-state index contributed by atoms with van der Waals surface area (Å²) in [4.78, 5) is 42.7. The summed E-state index contributed by atoms with van der Waals surface area (Å²) in [6.07, 6.45) is -0.0772. The van der Waals surface area contributed by atoms with E-state index < -0.39 is 17.2 Å². The number of aliphatic imine (C=N–C) groups is 1. The Morgan fingerprint density at radius 1 is 1.29 bits per heavy atom. The third kappa shape index (κ3) is 4.79. The number of hydrogen-bond donors (Lipinski definition) is 1. The molecule has 146 valence electrons. The fraction of sp³-hybridized carbons (Fsp3) is 0.263. The zero-order valence-electron chi connectivity index (χ0n) is 15.0. The fourth-order valence-electron chi connectivity index (χ4n) is 2.54. The van der Waals surface area contributed by atoms with Gasteiger partial charge < -0.3 is 9.84 Å². The number of thiophene rings is 1. The maximum absolute atomic E-state index is 12.6. The van der Waals surface area contributed by atoms with Crippen molar-refractivity contribution in [2.45, 2.75) is 25.1 Å². The van der Waals surface area contributed by atoms with Crippen LogP contribution in [0.3, 0.4) is 0 Å². The number of ether oxygens (including phenoxy) is 1. The maximum Gasteiger partial charge on any atom is 0.338 e. The molecule has 0 aliphatic carbocycles. The van der Waals surface area contributed by atoms with Crippen LogP contribution in [0.1, 0.15) is 28.6 Å². The lowest BCUT2D eigenvalue weighted by atomic mass is 10.2. The number of carboxylic acid groups (broad SMARTS) is 1. The van der Waals surface area contributed by atoms with Gasteiger partial charge in [-0.05, 0) is 42.6 Å². The number of carboxylic acids is 1. The van der Waals surface area contributed by atoms with Gasteiger partial charge in [0.05, 0.1) is 30.8 Å². The van der Waals surface area contributed by atoms with E-state index in [1.54, 1.807) is 31.2 Å².